The highest BCUT2D eigenvalue weighted by Gasteiger charge is 2.15. The topological polar surface area (TPSA) is 94.1 Å². The van der Waals surface area contributed by atoms with Gasteiger partial charge in [0.2, 0.25) is 5.91 Å². The van der Waals surface area contributed by atoms with Gasteiger partial charge in [-0.25, -0.2) is 4.68 Å². The van der Waals surface area contributed by atoms with Crippen molar-refractivity contribution in [2.45, 2.75) is 25.9 Å². The van der Waals surface area contributed by atoms with Crippen molar-refractivity contribution >= 4 is 16.8 Å². The van der Waals surface area contributed by atoms with Gasteiger partial charge >= 0.3 is 0 Å². The Bertz CT molecular complexity index is 955. The van der Waals surface area contributed by atoms with E-state index in [9.17, 15) is 9.59 Å². The Balaban J connectivity index is 1.70. The number of carbonyl (C=O) groups is 1. The summed E-state index contributed by atoms with van der Waals surface area (Å²) in [5.74, 6) is -0.0332. The van der Waals surface area contributed by atoms with Crippen LogP contribution in [0.4, 0.5) is 0 Å². The van der Waals surface area contributed by atoms with Gasteiger partial charge in [0.15, 0.2) is 0 Å². The van der Waals surface area contributed by atoms with E-state index in [0.29, 0.717) is 30.5 Å². The molecule has 0 fully saturated rings. The van der Waals surface area contributed by atoms with Gasteiger partial charge in [-0.3, -0.25) is 9.59 Å². The summed E-state index contributed by atoms with van der Waals surface area (Å²) in [5, 5.41) is 8.50. The highest BCUT2D eigenvalue weighted by Crippen LogP contribution is 2.08. The third-order valence-electron chi connectivity index (χ3n) is 4.37. The summed E-state index contributed by atoms with van der Waals surface area (Å²) in [6, 6.07) is 16.9. The minimum Gasteiger partial charge on any atom is -0.338 e. The number of hydrogen-bond acceptors (Lipinski definition) is 5. The molecular formula is C20H23N5O2. The minimum absolute atomic E-state index is 0.0332. The molecule has 1 amide bonds. The van der Waals surface area contributed by atoms with Gasteiger partial charge in [0.1, 0.15) is 5.52 Å². The molecule has 3 rings (SSSR count). The Hall–Kier alpha value is -3.06. The van der Waals surface area contributed by atoms with Crippen LogP contribution in [0.5, 0.6) is 0 Å². The van der Waals surface area contributed by atoms with Crippen LogP contribution in [0.15, 0.2) is 59.4 Å². The number of carbonyl (C=O) groups excluding carboxylic acids is 1. The van der Waals surface area contributed by atoms with Gasteiger partial charge in [-0.2, -0.15) is 0 Å². The lowest BCUT2D eigenvalue weighted by atomic mass is 10.2. The van der Waals surface area contributed by atoms with Crippen LogP contribution in [-0.4, -0.2) is 38.9 Å². The molecule has 0 aliphatic carbocycles. The monoisotopic (exact) mass is 365 g/mol. The predicted octanol–water partition coefficient (Wildman–Crippen LogP) is 1.56. The molecule has 0 spiro atoms. The highest BCUT2D eigenvalue weighted by atomic mass is 16.2. The normalized spacial score (nSPS) is 10.9. The minimum atomic E-state index is -0.232. The van der Waals surface area contributed by atoms with Crippen molar-refractivity contribution in [1.29, 1.82) is 0 Å². The van der Waals surface area contributed by atoms with Gasteiger partial charge in [-0.15, -0.1) is 5.10 Å². The first-order valence-corrected chi connectivity index (χ1v) is 9.03. The zero-order valence-electron chi connectivity index (χ0n) is 15.1. The van der Waals surface area contributed by atoms with Gasteiger partial charge in [-0.1, -0.05) is 47.7 Å². The number of benzene rings is 2. The molecule has 140 valence electrons. The molecule has 2 N–H and O–H groups in total. The van der Waals surface area contributed by atoms with Gasteiger partial charge < -0.3 is 10.6 Å². The molecule has 27 heavy (non-hydrogen) atoms. The summed E-state index contributed by atoms with van der Waals surface area (Å²) in [6.45, 7) is 1.83. The molecule has 0 unspecified atom stereocenters. The highest BCUT2D eigenvalue weighted by molar-refractivity contribution is 5.77. The first-order valence-electron chi connectivity index (χ1n) is 9.03. The molecule has 0 aliphatic heterocycles. The summed E-state index contributed by atoms with van der Waals surface area (Å²) in [7, 11) is 0. The summed E-state index contributed by atoms with van der Waals surface area (Å²) >= 11 is 0. The molecule has 0 radical (unpaired) electrons. The van der Waals surface area contributed by atoms with E-state index in [1.54, 1.807) is 23.1 Å². The second kappa shape index (κ2) is 9.05. The maximum atomic E-state index is 12.7. The third kappa shape index (κ3) is 4.77. The number of nitrogens with zero attached hydrogens (tertiary/aromatic N) is 4. The van der Waals surface area contributed by atoms with E-state index in [1.165, 1.54) is 4.68 Å². The fraction of sp³-hybridized carbons (Fsp3) is 0.300. The van der Waals surface area contributed by atoms with E-state index >= 15 is 0 Å². The molecule has 0 saturated heterocycles. The van der Waals surface area contributed by atoms with Gasteiger partial charge in [0.25, 0.3) is 5.56 Å². The molecule has 0 saturated carbocycles. The first kappa shape index (κ1) is 18.7. The zero-order valence-corrected chi connectivity index (χ0v) is 15.1. The lowest BCUT2D eigenvalue weighted by molar-refractivity contribution is -0.132. The SMILES string of the molecule is NCCCN(Cc1ccccc1)C(=O)CCn1nnc2ccccc2c1=O. The Morgan fingerprint density at radius 1 is 1.07 bits per heavy atom. The number of rotatable bonds is 8. The van der Waals surface area contributed by atoms with Crippen LogP contribution in [-0.2, 0) is 17.9 Å². The van der Waals surface area contributed by atoms with Crippen molar-refractivity contribution in [2.75, 3.05) is 13.1 Å². The fourth-order valence-electron chi connectivity index (χ4n) is 2.91. The standard InChI is InChI=1S/C20H23N5O2/c21-12-6-13-24(15-16-7-2-1-3-8-16)19(26)11-14-25-20(27)17-9-4-5-10-18(17)22-23-25/h1-5,7-10H,6,11-15,21H2. The second-order valence-corrected chi connectivity index (χ2v) is 6.33. The summed E-state index contributed by atoms with van der Waals surface area (Å²) in [4.78, 5) is 27.0. The Kier molecular flexibility index (Phi) is 6.27. The second-order valence-electron chi connectivity index (χ2n) is 6.33. The van der Waals surface area contributed by atoms with Crippen LogP contribution in [0, 0.1) is 0 Å². The number of nitrogens with two attached hydrogens (primary N) is 1. The van der Waals surface area contributed by atoms with Crippen molar-refractivity contribution in [3.63, 3.8) is 0 Å². The number of aryl methyl sites for hydroxylation is 1. The van der Waals surface area contributed by atoms with Crippen LogP contribution in [0.3, 0.4) is 0 Å². The quantitative estimate of drug-likeness (QED) is 0.654. The van der Waals surface area contributed by atoms with Crippen LogP contribution in [0.2, 0.25) is 0 Å². The smallest absolute Gasteiger partial charge is 0.277 e. The lowest BCUT2D eigenvalue weighted by Gasteiger charge is -2.23. The van der Waals surface area contributed by atoms with Crippen molar-refractivity contribution in [2.24, 2.45) is 5.73 Å². The average molecular weight is 365 g/mol. The van der Waals surface area contributed by atoms with Crippen LogP contribution >= 0.6 is 0 Å². The molecular weight excluding hydrogens is 342 g/mol. The summed E-state index contributed by atoms with van der Waals surface area (Å²) in [6.07, 6.45) is 0.915. The van der Waals surface area contributed by atoms with Gasteiger partial charge in [-0.05, 0) is 30.7 Å². The zero-order chi connectivity index (χ0) is 19.1. The van der Waals surface area contributed by atoms with E-state index < -0.39 is 0 Å². The summed E-state index contributed by atoms with van der Waals surface area (Å²) < 4.78 is 1.25. The van der Waals surface area contributed by atoms with E-state index in [2.05, 4.69) is 10.3 Å². The predicted molar refractivity (Wildman–Crippen MR) is 104 cm³/mol. The van der Waals surface area contributed by atoms with Crippen LogP contribution in [0.25, 0.3) is 10.9 Å². The van der Waals surface area contributed by atoms with Crippen molar-refractivity contribution < 1.29 is 4.79 Å². The molecule has 0 aliphatic rings. The van der Waals surface area contributed by atoms with E-state index in [4.69, 9.17) is 5.73 Å². The maximum Gasteiger partial charge on any atom is 0.277 e. The van der Waals surface area contributed by atoms with Crippen molar-refractivity contribution in [3.8, 4) is 0 Å². The van der Waals surface area contributed by atoms with E-state index in [-0.39, 0.29) is 24.4 Å². The number of hydrogen-bond donors (Lipinski definition) is 1. The average Bonchev–Trinajstić information content (AvgIpc) is 2.71. The Morgan fingerprint density at radius 3 is 2.59 bits per heavy atom. The number of amides is 1. The number of aromatic nitrogens is 3. The Labute approximate surface area is 157 Å². The molecule has 1 heterocycles. The van der Waals surface area contributed by atoms with Gasteiger partial charge in [0.05, 0.1) is 11.9 Å². The van der Waals surface area contributed by atoms with E-state index in [0.717, 1.165) is 12.0 Å². The fourth-order valence-corrected chi connectivity index (χ4v) is 2.91. The third-order valence-corrected chi connectivity index (χ3v) is 4.37. The Morgan fingerprint density at radius 2 is 1.81 bits per heavy atom. The largest absolute Gasteiger partial charge is 0.338 e. The molecule has 0 bridgehead atoms. The van der Waals surface area contributed by atoms with Crippen molar-refractivity contribution in [1.82, 2.24) is 19.9 Å². The first-order chi connectivity index (χ1) is 13.2. The lowest BCUT2D eigenvalue weighted by Crippen LogP contribution is -2.34. The van der Waals surface area contributed by atoms with Crippen LogP contribution in [0.1, 0.15) is 18.4 Å². The molecule has 1 aromatic heterocycles. The maximum absolute atomic E-state index is 12.7. The molecule has 7 heteroatoms. The van der Waals surface area contributed by atoms with Crippen molar-refractivity contribution in [3.05, 3.63) is 70.5 Å². The van der Waals surface area contributed by atoms with Gasteiger partial charge in [0, 0.05) is 19.5 Å². The molecule has 7 nitrogen and oxygen atoms in total. The van der Waals surface area contributed by atoms with E-state index in [1.807, 2.05) is 36.4 Å². The summed E-state index contributed by atoms with van der Waals surface area (Å²) in [5.41, 5.74) is 6.99. The molecule has 0 atom stereocenters. The molecule has 2 aromatic carbocycles. The number of fused-ring (bicyclic) bond motifs is 1. The molecule has 3 aromatic rings. The van der Waals surface area contributed by atoms with Crippen LogP contribution < -0.4 is 11.3 Å².